The van der Waals surface area contributed by atoms with Gasteiger partial charge < -0.3 is 9.32 Å². The zero-order valence-electron chi connectivity index (χ0n) is 23.2. The highest BCUT2D eigenvalue weighted by Crippen LogP contribution is 2.46. The molecule has 0 bridgehead atoms. The molecule has 2 aromatic heterocycles. The first-order valence-corrected chi connectivity index (χ1v) is 15.3. The van der Waals surface area contributed by atoms with E-state index in [2.05, 4.69) is 144 Å². The van der Waals surface area contributed by atoms with Gasteiger partial charge in [-0.1, -0.05) is 97.1 Å². The Morgan fingerprint density at radius 1 is 0.442 bits per heavy atom. The summed E-state index contributed by atoms with van der Waals surface area (Å²) < 4.78 is 8.98. The Kier molecular flexibility index (Phi) is 5.40. The van der Waals surface area contributed by atoms with Crippen molar-refractivity contribution in [2.75, 3.05) is 4.90 Å². The summed E-state index contributed by atoms with van der Waals surface area (Å²) in [6, 6.07) is 54.3. The number of hydrogen-bond acceptors (Lipinski definition) is 3. The third-order valence-electron chi connectivity index (χ3n) is 8.45. The fourth-order valence-electron chi connectivity index (χ4n) is 6.49. The largest absolute Gasteiger partial charge is 0.456 e. The molecule has 2 heterocycles. The molecule has 0 aliphatic carbocycles. The molecule has 0 amide bonds. The van der Waals surface area contributed by atoms with E-state index in [1.165, 1.54) is 42.1 Å². The molecule has 0 unspecified atom stereocenters. The first kappa shape index (κ1) is 24.2. The van der Waals surface area contributed by atoms with E-state index in [1.54, 1.807) is 0 Å². The quantitative estimate of drug-likeness (QED) is 0.210. The molecule has 0 spiro atoms. The van der Waals surface area contributed by atoms with Crippen LogP contribution in [0, 0.1) is 0 Å². The van der Waals surface area contributed by atoms with Crippen molar-refractivity contribution in [1.29, 1.82) is 0 Å². The molecule has 0 aliphatic rings. The number of thiophene rings is 1. The average molecular weight is 568 g/mol. The van der Waals surface area contributed by atoms with Gasteiger partial charge in [-0.3, -0.25) is 0 Å². The zero-order chi connectivity index (χ0) is 28.3. The fraction of sp³-hybridized carbons (Fsp3) is 0. The van der Waals surface area contributed by atoms with Crippen molar-refractivity contribution in [1.82, 2.24) is 0 Å². The Labute approximate surface area is 252 Å². The Bertz CT molecular complexity index is 2480. The third kappa shape index (κ3) is 3.86. The molecule has 3 heteroatoms. The molecular weight excluding hydrogens is 543 g/mol. The monoisotopic (exact) mass is 567 g/mol. The second-order valence-electron chi connectivity index (χ2n) is 10.9. The van der Waals surface area contributed by atoms with Crippen LogP contribution in [0.3, 0.4) is 0 Å². The third-order valence-corrected chi connectivity index (χ3v) is 9.59. The lowest BCUT2D eigenvalue weighted by Crippen LogP contribution is -2.11. The normalized spacial score (nSPS) is 11.7. The minimum absolute atomic E-state index is 0.882. The van der Waals surface area contributed by atoms with Gasteiger partial charge in [-0.2, -0.15) is 0 Å². The standard InChI is InChI=1S/C40H25NOS/c1-2-11-27-24-28(21-20-26(27)10-1)41(29-22-23-32-31-13-4-7-17-36(31)42-37(32)25-29)35-16-6-3-12-30(35)33-15-9-19-39-40(33)34-14-5-8-18-38(34)43-39/h1-25H. The summed E-state index contributed by atoms with van der Waals surface area (Å²) in [7, 11) is 0. The summed E-state index contributed by atoms with van der Waals surface area (Å²) in [6.07, 6.45) is 0. The lowest BCUT2D eigenvalue weighted by molar-refractivity contribution is 0.669. The molecule has 9 rings (SSSR count). The SMILES string of the molecule is c1ccc(N(c2ccc3ccccc3c2)c2ccc3c(c2)oc2ccccc23)c(-c2cccc3sc4ccccc4c23)c1. The second kappa shape index (κ2) is 9.59. The number of rotatable bonds is 4. The molecule has 0 fully saturated rings. The smallest absolute Gasteiger partial charge is 0.137 e. The maximum Gasteiger partial charge on any atom is 0.137 e. The minimum atomic E-state index is 0.882. The van der Waals surface area contributed by atoms with Gasteiger partial charge in [-0.15, -0.1) is 11.3 Å². The van der Waals surface area contributed by atoms with E-state index in [4.69, 9.17) is 4.42 Å². The van der Waals surface area contributed by atoms with Gasteiger partial charge in [0, 0.05) is 53.9 Å². The van der Waals surface area contributed by atoms with E-state index in [0.717, 1.165) is 39.0 Å². The molecule has 7 aromatic carbocycles. The highest BCUT2D eigenvalue weighted by atomic mass is 32.1. The highest BCUT2D eigenvalue weighted by molar-refractivity contribution is 7.25. The maximum atomic E-state index is 6.37. The fourth-order valence-corrected chi connectivity index (χ4v) is 7.62. The molecule has 202 valence electrons. The van der Waals surface area contributed by atoms with Crippen LogP contribution in [0.4, 0.5) is 17.1 Å². The van der Waals surface area contributed by atoms with E-state index in [0.29, 0.717) is 0 Å². The van der Waals surface area contributed by atoms with Crippen molar-refractivity contribution in [3.05, 3.63) is 152 Å². The number of anilines is 3. The lowest BCUT2D eigenvalue weighted by atomic mass is 9.96. The molecule has 0 atom stereocenters. The van der Waals surface area contributed by atoms with Crippen molar-refractivity contribution in [2.45, 2.75) is 0 Å². The molecule has 0 radical (unpaired) electrons. The molecule has 2 nitrogen and oxygen atoms in total. The Morgan fingerprint density at radius 3 is 2.07 bits per heavy atom. The van der Waals surface area contributed by atoms with Gasteiger partial charge in [0.1, 0.15) is 11.2 Å². The Balaban J connectivity index is 1.32. The van der Waals surface area contributed by atoms with Crippen LogP contribution in [0.2, 0.25) is 0 Å². The average Bonchev–Trinajstić information content (AvgIpc) is 3.63. The molecular formula is C40H25NOS. The summed E-state index contributed by atoms with van der Waals surface area (Å²) in [5.41, 5.74) is 7.49. The number of fused-ring (bicyclic) bond motifs is 7. The number of para-hydroxylation sites is 2. The molecule has 0 saturated heterocycles. The number of benzene rings is 7. The van der Waals surface area contributed by atoms with E-state index in [9.17, 15) is 0 Å². The first-order valence-electron chi connectivity index (χ1n) is 14.5. The summed E-state index contributed by atoms with van der Waals surface area (Å²) in [5.74, 6) is 0. The summed E-state index contributed by atoms with van der Waals surface area (Å²) in [4.78, 5) is 2.38. The van der Waals surface area contributed by atoms with Gasteiger partial charge in [-0.05, 0) is 64.9 Å². The van der Waals surface area contributed by atoms with E-state index < -0.39 is 0 Å². The van der Waals surface area contributed by atoms with Gasteiger partial charge in [0.15, 0.2) is 0 Å². The highest BCUT2D eigenvalue weighted by Gasteiger charge is 2.21. The van der Waals surface area contributed by atoms with Crippen molar-refractivity contribution in [2.24, 2.45) is 0 Å². The van der Waals surface area contributed by atoms with Crippen LogP contribution >= 0.6 is 11.3 Å². The van der Waals surface area contributed by atoms with Crippen LogP contribution in [0.5, 0.6) is 0 Å². The molecule has 0 saturated carbocycles. The first-order chi connectivity index (χ1) is 21.3. The Morgan fingerprint density at radius 2 is 1.12 bits per heavy atom. The van der Waals surface area contributed by atoms with E-state index in [-0.39, 0.29) is 0 Å². The van der Waals surface area contributed by atoms with Gasteiger partial charge in [0.2, 0.25) is 0 Å². The van der Waals surface area contributed by atoms with Crippen LogP contribution in [0.25, 0.3) is 64.0 Å². The second-order valence-corrected chi connectivity index (χ2v) is 12.0. The molecule has 0 aliphatic heterocycles. The Hall–Kier alpha value is -5.38. The number of furan rings is 1. The lowest BCUT2D eigenvalue weighted by Gasteiger charge is -2.28. The summed E-state index contributed by atoms with van der Waals surface area (Å²) in [5, 5.41) is 7.30. The summed E-state index contributed by atoms with van der Waals surface area (Å²) in [6.45, 7) is 0. The predicted octanol–water partition coefficient (Wildman–Crippen LogP) is 12.2. The van der Waals surface area contributed by atoms with Crippen LogP contribution in [-0.2, 0) is 0 Å². The summed E-state index contributed by atoms with van der Waals surface area (Å²) >= 11 is 1.86. The topological polar surface area (TPSA) is 16.4 Å². The molecule has 0 N–H and O–H groups in total. The molecule has 9 aromatic rings. The zero-order valence-corrected chi connectivity index (χ0v) is 24.0. The number of nitrogens with zero attached hydrogens (tertiary/aromatic N) is 1. The minimum Gasteiger partial charge on any atom is -0.456 e. The van der Waals surface area contributed by atoms with Crippen LogP contribution in [-0.4, -0.2) is 0 Å². The maximum absolute atomic E-state index is 6.37. The van der Waals surface area contributed by atoms with Crippen molar-refractivity contribution < 1.29 is 4.42 Å². The van der Waals surface area contributed by atoms with Crippen LogP contribution in [0.1, 0.15) is 0 Å². The van der Waals surface area contributed by atoms with Gasteiger partial charge in [0.05, 0.1) is 5.69 Å². The van der Waals surface area contributed by atoms with E-state index >= 15 is 0 Å². The van der Waals surface area contributed by atoms with Crippen LogP contribution in [0.15, 0.2) is 156 Å². The van der Waals surface area contributed by atoms with Gasteiger partial charge in [0.25, 0.3) is 0 Å². The number of hydrogen-bond donors (Lipinski definition) is 0. The molecule has 43 heavy (non-hydrogen) atoms. The van der Waals surface area contributed by atoms with Gasteiger partial charge in [-0.25, -0.2) is 0 Å². The van der Waals surface area contributed by atoms with Crippen molar-refractivity contribution >= 4 is 81.3 Å². The predicted molar refractivity (Wildman–Crippen MR) is 184 cm³/mol. The van der Waals surface area contributed by atoms with Crippen molar-refractivity contribution in [3.8, 4) is 11.1 Å². The van der Waals surface area contributed by atoms with Gasteiger partial charge >= 0.3 is 0 Å². The van der Waals surface area contributed by atoms with E-state index in [1.807, 2.05) is 23.5 Å². The van der Waals surface area contributed by atoms with Crippen molar-refractivity contribution in [3.63, 3.8) is 0 Å². The van der Waals surface area contributed by atoms with Crippen LogP contribution < -0.4 is 4.90 Å².